The van der Waals surface area contributed by atoms with E-state index in [2.05, 4.69) is 64.8 Å². The molecule has 0 aliphatic heterocycles. The summed E-state index contributed by atoms with van der Waals surface area (Å²) in [6, 6.07) is 16.7. The van der Waals surface area contributed by atoms with Crippen molar-refractivity contribution in [2.75, 3.05) is 13.1 Å². The zero-order valence-corrected chi connectivity index (χ0v) is 16.8. The van der Waals surface area contributed by atoms with E-state index in [4.69, 9.17) is 0 Å². The fourth-order valence-corrected chi connectivity index (χ4v) is 3.20. The van der Waals surface area contributed by atoms with E-state index < -0.39 is 0 Å². The molecule has 0 radical (unpaired) electrons. The summed E-state index contributed by atoms with van der Waals surface area (Å²) in [5, 5.41) is 15.0. The van der Waals surface area contributed by atoms with Crippen LogP contribution in [0.25, 0.3) is 5.69 Å². The highest BCUT2D eigenvalue weighted by Crippen LogP contribution is 2.10. The van der Waals surface area contributed by atoms with Crippen LogP contribution in [0.2, 0.25) is 0 Å². The zero-order valence-electron chi connectivity index (χ0n) is 16.8. The van der Waals surface area contributed by atoms with Gasteiger partial charge in [0.25, 0.3) is 0 Å². The Morgan fingerprint density at radius 2 is 1.79 bits per heavy atom. The van der Waals surface area contributed by atoms with Gasteiger partial charge in [0.15, 0.2) is 11.8 Å². The number of benzene rings is 2. The minimum Gasteiger partial charge on any atom is -0.357 e. The summed E-state index contributed by atoms with van der Waals surface area (Å²) in [6.45, 7) is 8.42. The molecule has 0 amide bonds. The molecule has 2 aromatic carbocycles. The molecule has 0 fully saturated rings. The van der Waals surface area contributed by atoms with E-state index in [9.17, 15) is 0 Å². The molecule has 6 heteroatoms. The third kappa shape index (κ3) is 5.42. The number of para-hydroxylation sites is 1. The number of guanidine groups is 1. The van der Waals surface area contributed by atoms with Crippen LogP contribution >= 0.6 is 0 Å². The molecule has 6 nitrogen and oxygen atoms in total. The van der Waals surface area contributed by atoms with Crippen molar-refractivity contribution < 1.29 is 0 Å². The molecule has 2 N–H and O–H groups in total. The van der Waals surface area contributed by atoms with E-state index in [-0.39, 0.29) is 0 Å². The van der Waals surface area contributed by atoms with Crippen molar-refractivity contribution in [2.24, 2.45) is 4.99 Å². The van der Waals surface area contributed by atoms with Gasteiger partial charge in [-0.3, -0.25) is 4.57 Å². The molecule has 28 heavy (non-hydrogen) atoms. The van der Waals surface area contributed by atoms with E-state index in [0.29, 0.717) is 6.54 Å². The first-order valence-electron chi connectivity index (χ1n) is 9.69. The maximum Gasteiger partial charge on any atom is 0.191 e. The first kappa shape index (κ1) is 19.6. The van der Waals surface area contributed by atoms with Gasteiger partial charge in [-0.1, -0.05) is 47.5 Å². The van der Waals surface area contributed by atoms with Gasteiger partial charge < -0.3 is 10.6 Å². The number of hydrogen-bond donors (Lipinski definition) is 2. The Morgan fingerprint density at radius 3 is 2.50 bits per heavy atom. The lowest BCUT2D eigenvalue weighted by Gasteiger charge is -2.12. The quantitative estimate of drug-likeness (QED) is 0.491. The summed E-state index contributed by atoms with van der Waals surface area (Å²) in [5.41, 5.74) is 4.97. The van der Waals surface area contributed by atoms with Gasteiger partial charge in [-0.2, -0.15) is 0 Å². The van der Waals surface area contributed by atoms with Crippen molar-refractivity contribution in [3.63, 3.8) is 0 Å². The predicted molar refractivity (Wildman–Crippen MR) is 114 cm³/mol. The largest absolute Gasteiger partial charge is 0.357 e. The van der Waals surface area contributed by atoms with Gasteiger partial charge in [-0.15, -0.1) is 10.2 Å². The van der Waals surface area contributed by atoms with E-state index in [1.165, 1.54) is 16.7 Å². The van der Waals surface area contributed by atoms with Gasteiger partial charge >= 0.3 is 0 Å². The molecule has 146 valence electrons. The smallest absolute Gasteiger partial charge is 0.191 e. The van der Waals surface area contributed by atoms with Crippen LogP contribution in [0.3, 0.4) is 0 Å². The molecule has 0 unspecified atom stereocenters. The fraction of sp³-hybridized carbons (Fsp3) is 0.318. The fourth-order valence-electron chi connectivity index (χ4n) is 3.20. The third-order valence-electron chi connectivity index (χ3n) is 4.36. The molecular weight excluding hydrogens is 348 g/mol. The van der Waals surface area contributed by atoms with Crippen molar-refractivity contribution >= 4 is 5.96 Å². The van der Waals surface area contributed by atoms with Gasteiger partial charge in [-0.25, -0.2) is 4.99 Å². The molecule has 3 aromatic rings. The van der Waals surface area contributed by atoms with E-state index in [1.54, 1.807) is 6.33 Å². The van der Waals surface area contributed by atoms with Gasteiger partial charge in [0.1, 0.15) is 12.9 Å². The van der Waals surface area contributed by atoms with Crippen LogP contribution in [-0.2, 0) is 13.0 Å². The number of aliphatic imine (C=N–C) groups is 1. The maximum absolute atomic E-state index is 4.68. The lowest BCUT2D eigenvalue weighted by atomic mass is 10.1. The summed E-state index contributed by atoms with van der Waals surface area (Å²) < 4.78 is 1.96. The lowest BCUT2D eigenvalue weighted by molar-refractivity contribution is 0.783. The molecular formula is C22H28N6. The molecule has 0 bridgehead atoms. The monoisotopic (exact) mass is 376 g/mol. The minimum absolute atomic E-state index is 0.452. The van der Waals surface area contributed by atoms with Crippen LogP contribution in [0.1, 0.15) is 29.4 Å². The standard InChI is InChI=1S/C22H28N6/c1-4-23-22(24-11-10-19-13-17(2)12-18(3)14-19)25-15-21-27-26-16-28(21)20-8-6-5-7-9-20/h5-9,12-14,16H,4,10-11,15H2,1-3H3,(H2,23,24,25). The van der Waals surface area contributed by atoms with Crippen molar-refractivity contribution in [3.05, 3.63) is 77.4 Å². The summed E-state index contributed by atoms with van der Waals surface area (Å²) in [7, 11) is 0. The van der Waals surface area contributed by atoms with Crippen molar-refractivity contribution in [1.29, 1.82) is 0 Å². The van der Waals surface area contributed by atoms with Crippen LogP contribution in [0.15, 0.2) is 59.9 Å². The molecule has 3 rings (SSSR count). The van der Waals surface area contributed by atoms with E-state index in [1.807, 2.05) is 34.9 Å². The molecule has 0 saturated heterocycles. The first-order valence-corrected chi connectivity index (χ1v) is 9.69. The Morgan fingerprint density at radius 1 is 1.04 bits per heavy atom. The second kappa shape index (κ2) is 9.69. The summed E-state index contributed by atoms with van der Waals surface area (Å²) >= 11 is 0. The third-order valence-corrected chi connectivity index (χ3v) is 4.36. The second-order valence-corrected chi connectivity index (χ2v) is 6.82. The highest BCUT2D eigenvalue weighted by atomic mass is 15.3. The lowest BCUT2D eigenvalue weighted by Crippen LogP contribution is -2.38. The highest BCUT2D eigenvalue weighted by Gasteiger charge is 2.06. The summed E-state index contributed by atoms with van der Waals surface area (Å²) in [5.74, 6) is 1.59. The van der Waals surface area contributed by atoms with Crippen molar-refractivity contribution in [2.45, 2.75) is 33.7 Å². The average Bonchev–Trinajstić information content (AvgIpc) is 3.14. The van der Waals surface area contributed by atoms with Crippen LogP contribution in [-0.4, -0.2) is 33.8 Å². The summed E-state index contributed by atoms with van der Waals surface area (Å²) in [6.07, 6.45) is 2.67. The van der Waals surface area contributed by atoms with Crippen molar-refractivity contribution in [1.82, 2.24) is 25.4 Å². The van der Waals surface area contributed by atoms with E-state index in [0.717, 1.165) is 37.0 Å². The topological polar surface area (TPSA) is 67.1 Å². The Hall–Kier alpha value is -3.15. The van der Waals surface area contributed by atoms with Crippen LogP contribution in [0, 0.1) is 13.8 Å². The number of hydrogen-bond acceptors (Lipinski definition) is 3. The highest BCUT2D eigenvalue weighted by molar-refractivity contribution is 5.79. The van der Waals surface area contributed by atoms with Gasteiger partial charge in [0, 0.05) is 18.8 Å². The number of aromatic nitrogens is 3. The van der Waals surface area contributed by atoms with E-state index >= 15 is 0 Å². The van der Waals surface area contributed by atoms with Gasteiger partial charge in [0.05, 0.1) is 0 Å². The van der Waals surface area contributed by atoms with Gasteiger partial charge in [0.2, 0.25) is 0 Å². The number of aryl methyl sites for hydroxylation is 2. The minimum atomic E-state index is 0.452. The predicted octanol–water partition coefficient (Wildman–Crippen LogP) is 3.18. The first-order chi connectivity index (χ1) is 13.7. The molecule has 0 aliphatic rings. The number of nitrogens with one attached hydrogen (secondary N) is 2. The molecule has 0 saturated carbocycles. The van der Waals surface area contributed by atoms with Crippen LogP contribution in [0.5, 0.6) is 0 Å². The molecule has 0 atom stereocenters. The van der Waals surface area contributed by atoms with Crippen LogP contribution < -0.4 is 10.6 Å². The molecule has 0 aliphatic carbocycles. The van der Waals surface area contributed by atoms with Crippen molar-refractivity contribution in [3.8, 4) is 5.69 Å². The molecule has 0 spiro atoms. The maximum atomic E-state index is 4.68. The second-order valence-electron chi connectivity index (χ2n) is 6.82. The Bertz CT molecular complexity index is 894. The Labute approximate surface area is 166 Å². The Balaban J connectivity index is 1.63. The van der Waals surface area contributed by atoms with Gasteiger partial charge in [-0.05, 0) is 44.9 Å². The normalized spacial score (nSPS) is 11.5. The Kier molecular flexibility index (Phi) is 6.78. The average molecular weight is 377 g/mol. The molecule has 1 heterocycles. The SMILES string of the molecule is CCNC(=NCc1nncn1-c1ccccc1)NCCc1cc(C)cc(C)c1. The molecule has 1 aromatic heterocycles. The number of rotatable bonds is 7. The summed E-state index contributed by atoms with van der Waals surface area (Å²) in [4.78, 5) is 4.68. The zero-order chi connectivity index (χ0) is 19.8. The van der Waals surface area contributed by atoms with Crippen LogP contribution in [0.4, 0.5) is 0 Å². The number of nitrogens with zero attached hydrogens (tertiary/aromatic N) is 4.